The second-order valence-electron chi connectivity index (χ2n) is 8.59. The number of carbonyl (C=O) groups excluding carboxylic acids is 1. The molecule has 0 saturated carbocycles. The first kappa shape index (κ1) is 22.3. The molecule has 4 aromatic rings. The molecule has 3 aromatic carbocycles. The summed E-state index contributed by atoms with van der Waals surface area (Å²) in [5.74, 6) is 0.358. The number of benzene rings is 3. The van der Waals surface area contributed by atoms with Crippen molar-refractivity contribution in [2.75, 3.05) is 24.5 Å². The van der Waals surface area contributed by atoms with Gasteiger partial charge in [0.05, 0.1) is 11.4 Å². The molecular weight excluding hydrogens is 451 g/mol. The van der Waals surface area contributed by atoms with Gasteiger partial charge in [0.25, 0.3) is 0 Å². The highest BCUT2D eigenvalue weighted by atomic mass is 35.5. The van der Waals surface area contributed by atoms with Crippen LogP contribution < -0.4 is 4.90 Å². The van der Waals surface area contributed by atoms with Crippen LogP contribution in [0.2, 0.25) is 5.02 Å². The molecule has 1 amide bonds. The Hall–Kier alpha value is -3.51. The first-order valence-corrected chi connectivity index (χ1v) is 11.7. The van der Waals surface area contributed by atoms with Crippen molar-refractivity contribution in [2.24, 2.45) is 0 Å². The van der Waals surface area contributed by atoms with Gasteiger partial charge in [-0.05, 0) is 24.6 Å². The average molecular weight is 475 g/mol. The van der Waals surface area contributed by atoms with Gasteiger partial charge in [0, 0.05) is 42.0 Å². The van der Waals surface area contributed by atoms with Crippen molar-refractivity contribution in [1.29, 1.82) is 0 Å². The van der Waals surface area contributed by atoms with Crippen LogP contribution in [-0.2, 0) is 11.2 Å². The summed E-state index contributed by atoms with van der Waals surface area (Å²) >= 11 is 5.88. The number of hydrogen-bond acceptors (Lipinski definition) is 4. The topological polar surface area (TPSA) is 49.3 Å². The predicted octanol–water partition coefficient (Wildman–Crippen LogP) is 5.37. The van der Waals surface area contributed by atoms with Crippen molar-refractivity contribution in [3.63, 3.8) is 0 Å². The van der Waals surface area contributed by atoms with E-state index in [1.807, 2.05) is 54.3 Å². The molecule has 1 aliphatic heterocycles. The lowest BCUT2D eigenvalue weighted by atomic mass is 10.0. The quantitative estimate of drug-likeness (QED) is 0.399. The van der Waals surface area contributed by atoms with Crippen molar-refractivity contribution in [3.8, 4) is 11.3 Å². The average Bonchev–Trinajstić information content (AvgIpc) is 2.86. The van der Waals surface area contributed by atoms with Gasteiger partial charge in [0.1, 0.15) is 11.5 Å². The molecule has 1 fully saturated rings. The van der Waals surface area contributed by atoms with Gasteiger partial charge in [-0.25, -0.2) is 4.39 Å². The first-order valence-electron chi connectivity index (χ1n) is 11.3. The monoisotopic (exact) mass is 474 g/mol. The van der Waals surface area contributed by atoms with Gasteiger partial charge in [-0.1, -0.05) is 72.3 Å². The molecule has 34 heavy (non-hydrogen) atoms. The fraction of sp³-hybridized carbons (Fsp3) is 0.222. The van der Waals surface area contributed by atoms with E-state index in [-0.39, 0.29) is 23.4 Å². The fourth-order valence-corrected chi connectivity index (χ4v) is 4.78. The van der Waals surface area contributed by atoms with Gasteiger partial charge in [-0.15, -0.1) is 10.2 Å². The molecule has 1 aromatic heterocycles. The number of aromatic nitrogens is 2. The van der Waals surface area contributed by atoms with E-state index in [0.29, 0.717) is 25.2 Å². The highest BCUT2D eigenvalue weighted by molar-refractivity contribution is 6.30. The Bertz CT molecular complexity index is 1350. The molecule has 0 N–H and O–H groups in total. The van der Waals surface area contributed by atoms with Crippen LogP contribution in [0, 0.1) is 5.82 Å². The van der Waals surface area contributed by atoms with Crippen molar-refractivity contribution in [1.82, 2.24) is 15.1 Å². The minimum Gasteiger partial charge on any atom is -0.351 e. The Morgan fingerprint density at radius 2 is 1.74 bits per heavy atom. The van der Waals surface area contributed by atoms with Gasteiger partial charge < -0.3 is 9.80 Å². The zero-order valence-corrected chi connectivity index (χ0v) is 19.5. The van der Waals surface area contributed by atoms with Crippen molar-refractivity contribution in [3.05, 3.63) is 89.2 Å². The molecule has 1 saturated heterocycles. The zero-order valence-electron chi connectivity index (χ0n) is 18.8. The summed E-state index contributed by atoms with van der Waals surface area (Å²) in [4.78, 5) is 17.1. The van der Waals surface area contributed by atoms with Crippen molar-refractivity contribution in [2.45, 2.75) is 19.4 Å². The molecule has 0 radical (unpaired) electrons. The maximum absolute atomic E-state index is 13.4. The maximum Gasteiger partial charge on any atom is 0.227 e. The first-order chi connectivity index (χ1) is 16.5. The third kappa shape index (κ3) is 4.33. The summed E-state index contributed by atoms with van der Waals surface area (Å²) in [5.41, 5.74) is 2.60. The van der Waals surface area contributed by atoms with E-state index in [4.69, 9.17) is 11.6 Å². The van der Waals surface area contributed by atoms with Gasteiger partial charge in [-0.2, -0.15) is 0 Å². The Balaban J connectivity index is 1.36. The van der Waals surface area contributed by atoms with Gasteiger partial charge in [0.2, 0.25) is 5.91 Å². The molecule has 0 aliphatic carbocycles. The van der Waals surface area contributed by atoms with Gasteiger partial charge >= 0.3 is 0 Å². The fourth-order valence-electron chi connectivity index (χ4n) is 4.58. The number of fused-ring (bicyclic) bond motifs is 1. The van der Waals surface area contributed by atoms with E-state index in [2.05, 4.69) is 27.2 Å². The molecule has 7 heteroatoms. The van der Waals surface area contributed by atoms with Gasteiger partial charge in [0.15, 0.2) is 5.82 Å². The zero-order chi connectivity index (χ0) is 23.7. The molecule has 2 heterocycles. The summed E-state index contributed by atoms with van der Waals surface area (Å²) in [5, 5.41) is 11.3. The van der Waals surface area contributed by atoms with Gasteiger partial charge in [-0.3, -0.25) is 4.79 Å². The standard InChI is InChI=1S/C27H24ClFN4O/c1-18-17-32(13-14-33(18)25(34)16-19-11-12-24(29)23(28)15-19)27-22-10-6-5-9-21(22)26(30-31-27)20-7-3-2-4-8-20/h2-12,15,18H,13-14,16-17H2,1H3/t18-/m0/s1. The van der Waals surface area contributed by atoms with E-state index < -0.39 is 5.82 Å². The smallest absolute Gasteiger partial charge is 0.227 e. The number of halogens is 2. The number of amides is 1. The largest absolute Gasteiger partial charge is 0.351 e. The van der Waals surface area contributed by atoms with E-state index in [1.165, 1.54) is 12.1 Å². The lowest BCUT2D eigenvalue weighted by Gasteiger charge is -2.40. The number of anilines is 1. The summed E-state index contributed by atoms with van der Waals surface area (Å²) in [6, 6.07) is 22.7. The normalized spacial score (nSPS) is 16.1. The van der Waals surface area contributed by atoms with Crippen molar-refractivity contribution >= 4 is 34.1 Å². The molecular formula is C27H24ClFN4O. The second kappa shape index (κ2) is 9.39. The highest BCUT2D eigenvalue weighted by Crippen LogP contribution is 2.32. The molecule has 0 bridgehead atoms. The lowest BCUT2D eigenvalue weighted by Crippen LogP contribution is -2.54. The Labute approximate surface area is 202 Å². The van der Waals surface area contributed by atoms with E-state index in [0.717, 1.165) is 27.8 Å². The minimum atomic E-state index is -0.480. The Kier molecular flexibility index (Phi) is 6.16. The van der Waals surface area contributed by atoms with Crippen LogP contribution in [-0.4, -0.2) is 46.7 Å². The van der Waals surface area contributed by atoms with Crippen molar-refractivity contribution < 1.29 is 9.18 Å². The molecule has 1 aliphatic rings. The number of piperazine rings is 1. The molecule has 172 valence electrons. The summed E-state index contributed by atoms with van der Waals surface area (Å²) in [6.45, 7) is 3.92. The summed E-state index contributed by atoms with van der Waals surface area (Å²) in [6.07, 6.45) is 0.193. The maximum atomic E-state index is 13.4. The SMILES string of the molecule is C[C@H]1CN(c2nnc(-c3ccccc3)c3ccccc23)CCN1C(=O)Cc1ccc(F)c(Cl)c1. The van der Waals surface area contributed by atoms with Crippen LogP contribution in [0.15, 0.2) is 72.8 Å². The van der Waals surface area contributed by atoms with Crippen LogP contribution in [0.3, 0.4) is 0 Å². The number of nitrogens with zero attached hydrogens (tertiary/aromatic N) is 4. The van der Waals surface area contributed by atoms with Crippen LogP contribution in [0.5, 0.6) is 0 Å². The number of hydrogen-bond donors (Lipinski definition) is 0. The lowest BCUT2D eigenvalue weighted by molar-refractivity contribution is -0.132. The summed E-state index contributed by atoms with van der Waals surface area (Å²) in [7, 11) is 0. The molecule has 0 spiro atoms. The third-order valence-electron chi connectivity index (χ3n) is 6.30. The third-order valence-corrected chi connectivity index (χ3v) is 6.59. The van der Waals surface area contributed by atoms with Crippen LogP contribution in [0.25, 0.3) is 22.0 Å². The predicted molar refractivity (Wildman–Crippen MR) is 133 cm³/mol. The molecule has 5 nitrogen and oxygen atoms in total. The molecule has 5 rings (SSSR count). The van der Waals surface area contributed by atoms with Crippen LogP contribution in [0.4, 0.5) is 10.2 Å². The number of rotatable bonds is 4. The van der Waals surface area contributed by atoms with E-state index in [9.17, 15) is 9.18 Å². The minimum absolute atomic E-state index is 0.00481. The number of carbonyl (C=O) groups is 1. The highest BCUT2D eigenvalue weighted by Gasteiger charge is 2.29. The Morgan fingerprint density at radius 3 is 2.47 bits per heavy atom. The molecule has 0 unspecified atom stereocenters. The summed E-state index contributed by atoms with van der Waals surface area (Å²) < 4.78 is 13.4. The Morgan fingerprint density at radius 1 is 1.00 bits per heavy atom. The van der Waals surface area contributed by atoms with Crippen LogP contribution in [0.1, 0.15) is 12.5 Å². The van der Waals surface area contributed by atoms with E-state index in [1.54, 1.807) is 6.07 Å². The molecule has 1 atom stereocenters. The van der Waals surface area contributed by atoms with E-state index >= 15 is 0 Å². The van der Waals surface area contributed by atoms with Crippen LogP contribution >= 0.6 is 11.6 Å². The second-order valence-corrected chi connectivity index (χ2v) is 9.00.